The lowest BCUT2D eigenvalue weighted by Crippen LogP contribution is -2.49. The van der Waals surface area contributed by atoms with Gasteiger partial charge in [0.25, 0.3) is 5.91 Å². The highest BCUT2D eigenvalue weighted by Gasteiger charge is 2.24. The van der Waals surface area contributed by atoms with Gasteiger partial charge in [-0.05, 0) is 42.0 Å². The highest BCUT2D eigenvalue weighted by Crippen LogP contribution is 2.21. The Morgan fingerprint density at radius 3 is 2.40 bits per heavy atom. The number of fused-ring (bicyclic) bond motifs is 1. The van der Waals surface area contributed by atoms with Crippen molar-refractivity contribution in [2.45, 2.75) is 12.5 Å². The summed E-state index contributed by atoms with van der Waals surface area (Å²) < 4.78 is 1.01. The fourth-order valence-electron chi connectivity index (χ4n) is 1.81. The lowest BCUT2D eigenvalue weighted by Gasteiger charge is -2.25. The van der Waals surface area contributed by atoms with Crippen molar-refractivity contribution < 1.29 is 4.79 Å². The van der Waals surface area contributed by atoms with Gasteiger partial charge in [0, 0.05) is 21.8 Å². The Morgan fingerprint density at radius 2 is 1.75 bits per heavy atom. The third-order valence-electron chi connectivity index (χ3n) is 3.07. The Labute approximate surface area is 136 Å². The van der Waals surface area contributed by atoms with E-state index in [4.69, 9.17) is 23.2 Å². The van der Waals surface area contributed by atoms with Crippen LogP contribution in [0.1, 0.15) is 17.3 Å². The van der Waals surface area contributed by atoms with Gasteiger partial charge >= 0.3 is 0 Å². The molecule has 1 N–H and O–H groups in total. The number of amides is 1. The molecule has 0 aliphatic carbocycles. The van der Waals surface area contributed by atoms with Crippen LogP contribution in [-0.2, 0) is 0 Å². The van der Waals surface area contributed by atoms with Gasteiger partial charge in [0.2, 0.25) is 0 Å². The summed E-state index contributed by atoms with van der Waals surface area (Å²) in [6.45, 7) is 1.82. The lowest BCUT2D eigenvalue weighted by molar-refractivity contribution is 0.0921. The van der Waals surface area contributed by atoms with Crippen LogP contribution >= 0.6 is 39.1 Å². The van der Waals surface area contributed by atoms with Crippen LogP contribution in [0.15, 0.2) is 40.9 Å². The summed E-state index contributed by atoms with van der Waals surface area (Å²) in [5, 5.41) is 4.96. The standard InChI is InChI=1S/C15H14BrCl2NO/c1-15(8-17,9-18)19-14(20)12-3-2-11-7-13(16)5-4-10(11)6-12/h2-7H,8-9H2,1H3,(H,19,20). The summed E-state index contributed by atoms with van der Waals surface area (Å²) in [4.78, 5) is 12.3. The number of carbonyl (C=O) groups is 1. The Hall–Kier alpha value is -0.770. The molecule has 106 valence electrons. The van der Waals surface area contributed by atoms with Crippen LogP contribution < -0.4 is 5.32 Å². The third-order valence-corrected chi connectivity index (χ3v) is 4.74. The molecule has 2 aromatic carbocycles. The van der Waals surface area contributed by atoms with Gasteiger partial charge in [0.05, 0.1) is 5.54 Å². The molecule has 0 atom stereocenters. The first-order valence-electron chi connectivity index (χ1n) is 6.11. The highest BCUT2D eigenvalue weighted by atomic mass is 79.9. The van der Waals surface area contributed by atoms with E-state index in [1.165, 1.54) is 0 Å². The van der Waals surface area contributed by atoms with Crippen LogP contribution in [-0.4, -0.2) is 23.2 Å². The second-order valence-electron chi connectivity index (χ2n) is 4.99. The van der Waals surface area contributed by atoms with Crippen molar-refractivity contribution in [3.8, 4) is 0 Å². The molecule has 20 heavy (non-hydrogen) atoms. The van der Waals surface area contributed by atoms with Crippen LogP contribution in [0.5, 0.6) is 0 Å². The number of carbonyl (C=O) groups excluding carboxylic acids is 1. The van der Waals surface area contributed by atoms with Gasteiger partial charge < -0.3 is 5.32 Å². The highest BCUT2D eigenvalue weighted by molar-refractivity contribution is 9.10. The molecule has 0 bridgehead atoms. The van der Waals surface area contributed by atoms with E-state index in [0.29, 0.717) is 5.56 Å². The van der Waals surface area contributed by atoms with E-state index in [2.05, 4.69) is 21.2 Å². The van der Waals surface area contributed by atoms with Crippen LogP contribution in [0.4, 0.5) is 0 Å². The van der Waals surface area contributed by atoms with Crippen molar-refractivity contribution in [3.63, 3.8) is 0 Å². The van der Waals surface area contributed by atoms with Crippen molar-refractivity contribution in [2.24, 2.45) is 0 Å². The maximum Gasteiger partial charge on any atom is 0.251 e. The zero-order valence-corrected chi connectivity index (χ0v) is 14.0. The molecule has 0 saturated carbocycles. The average Bonchev–Trinajstić information content (AvgIpc) is 2.46. The van der Waals surface area contributed by atoms with E-state index < -0.39 is 5.54 Å². The minimum absolute atomic E-state index is 0.168. The van der Waals surface area contributed by atoms with Crippen LogP contribution in [0, 0.1) is 0 Å². The molecule has 1 amide bonds. The summed E-state index contributed by atoms with van der Waals surface area (Å²) >= 11 is 15.1. The molecule has 2 rings (SSSR count). The van der Waals surface area contributed by atoms with E-state index in [1.807, 2.05) is 37.3 Å². The van der Waals surface area contributed by atoms with Gasteiger partial charge in [-0.2, -0.15) is 0 Å². The normalized spacial score (nSPS) is 11.6. The van der Waals surface area contributed by atoms with Gasteiger partial charge in [-0.25, -0.2) is 0 Å². The summed E-state index contributed by atoms with van der Waals surface area (Å²) in [6, 6.07) is 11.5. The Kier molecular flexibility index (Phi) is 4.95. The second-order valence-corrected chi connectivity index (χ2v) is 6.44. The van der Waals surface area contributed by atoms with Crippen molar-refractivity contribution in [1.29, 1.82) is 0 Å². The number of nitrogens with one attached hydrogen (secondary N) is 1. The van der Waals surface area contributed by atoms with E-state index in [-0.39, 0.29) is 17.7 Å². The van der Waals surface area contributed by atoms with Gasteiger partial charge in [-0.1, -0.05) is 28.1 Å². The molecule has 0 saturated heterocycles. The number of rotatable bonds is 4. The van der Waals surface area contributed by atoms with Gasteiger partial charge in [-0.15, -0.1) is 23.2 Å². The second kappa shape index (κ2) is 6.33. The summed E-state index contributed by atoms with van der Waals surface area (Å²) in [5.74, 6) is 0.365. The van der Waals surface area contributed by atoms with Gasteiger partial charge in [0.15, 0.2) is 0 Å². The van der Waals surface area contributed by atoms with Crippen molar-refractivity contribution in [3.05, 3.63) is 46.4 Å². The first kappa shape index (κ1) is 15.6. The fraction of sp³-hybridized carbons (Fsp3) is 0.267. The summed E-state index contributed by atoms with van der Waals surface area (Å²) in [7, 11) is 0. The molecule has 2 aromatic rings. The molecule has 0 unspecified atom stereocenters. The topological polar surface area (TPSA) is 29.1 Å². The minimum Gasteiger partial charge on any atom is -0.344 e. The first-order chi connectivity index (χ1) is 9.47. The SMILES string of the molecule is CC(CCl)(CCl)NC(=O)c1ccc2cc(Br)ccc2c1. The monoisotopic (exact) mass is 373 g/mol. The summed E-state index contributed by atoms with van der Waals surface area (Å²) in [5.41, 5.74) is -0.00391. The maximum absolute atomic E-state index is 12.3. The molecule has 0 fully saturated rings. The van der Waals surface area contributed by atoms with Crippen LogP contribution in [0.25, 0.3) is 10.8 Å². The van der Waals surface area contributed by atoms with Crippen molar-refractivity contribution >= 4 is 55.8 Å². The average molecular weight is 375 g/mol. The van der Waals surface area contributed by atoms with E-state index >= 15 is 0 Å². The van der Waals surface area contributed by atoms with Gasteiger partial charge in [-0.3, -0.25) is 4.79 Å². The van der Waals surface area contributed by atoms with Crippen LogP contribution in [0.2, 0.25) is 0 Å². The molecule has 0 aliphatic rings. The molecular formula is C15H14BrCl2NO. The molecule has 5 heteroatoms. The molecule has 0 radical (unpaired) electrons. The fourth-order valence-corrected chi connectivity index (χ4v) is 2.60. The number of alkyl halides is 2. The Balaban J connectivity index is 2.29. The minimum atomic E-state index is -0.602. The molecule has 0 aliphatic heterocycles. The van der Waals surface area contributed by atoms with Gasteiger partial charge in [0.1, 0.15) is 0 Å². The molecule has 0 aromatic heterocycles. The molecule has 2 nitrogen and oxygen atoms in total. The zero-order chi connectivity index (χ0) is 14.8. The predicted octanol–water partition coefficient (Wildman–Crippen LogP) is 4.57. The first-order valence-corrected chi connectivity index (χ1v) is 7.97. The van der Waals surface area contributed by atoms with Crippen molar-refractivity contribution in [1.82, 2.24) is 5.32 Å². The third kappa shape index (κ3) is 3.46. The number of hydrogen-bond donors (Lipinski definition) is 1. The number of halogens is 3. The lowest BCUT2D eigenvalue weighted by atomic mass is 10.0. The zero-order valence-electron chi connectivity index (χ0n) is 10.9. The Morgan fingerprint density at radius 1 is 1.15 bits per heavy atom. The largest absolute Gasteiger partial charge is 0.344 e. The summed E-state index contributed by atoms with van der Waals surface area (Å²) in [6.07, 6.45) is 0. The smallest absolute Gasteiger partial charge is 0.251 e. The molecule has 0 heterocycles. The van der Waals surface area contributed by atoms with E-state index in [9.17, 15) is 4.79 Å². The van der Waals surface area contributed by atoms with E-state index in [0.717, 1.165) is 15.2 Å². The number of benzene rings is 2. The maximum atomic E-state index is 12.3. The molecule has 0 spiro atoms. The predicted molar refractivity (Wildman–Crippen MR) is 89.0 cm³/mol. The number of hydrogen-bond acceptors (Lipinski definition) is 1. The quantitative estimate of drug-likeness (QED) is 0.780. The van der Waals surface area contributed by atoms with Crippen molar-refractivity contribution in [2.75, 3.05) is 11.8 Å². The van der Waals surface area contributed by atoms with Crippen LogP contribution in [0.3, 0.4) is 0 Å². The van der Waals surface area contributed by atoms with E-state index in [1.54, 1.807) is 6.07 Å². The molecular weight excluding hydrogens is 361 g/mol. The Bertz CT molecular complexity index is 641.